The summed E-state index contributed by atoms with van der Waals surface area (Å²) in [4.78, 5) is 0. The van der Waals surface area contributed by atoms with E-state index in [0.717, 1.165) is 6.26 Å². The van der Waals surface area contributed by atoms with E-state index in [2.05, 4.69) is 12.5 Å². The molecule has 0 aromatic heterocycles. The molecular weight excluding hydrogens is 162 g/mol. The minimum Gasteiger partial charge on any atom is -0.212 e. The summed E-state index contributed by atoms with van der Waals surface area (Å²) < 4.78 is 23.0. The lowest BCUT2D eigenvalue weighted by Crippen LogP contribution is -2.30. The SMILES string of the molecule is C#CCN(CC=C)S(C)(=O)=O. The van der Waals surface area contributed by atoms with E-state index in [1.54, 1.807) is 0 Å². The van der Waals surface area contributed by atoms with E-state index in [0.29, 0.717) is 0 Å². The van der Waals surface area contributed by atoms with Gasteiger partial charge in [0.15, 0.2) is 0 Å². The highest BCUT2D eigenvalue weighted by molar-refractivity contribution is 7.88. The second kappa shape index (κ2) is 4.16. The topological polar surface area (TPSA) is 37.4 Å². The Bertz CT molecular complexity index is 261. The number of hydrogen-bond donors (Lipinski definition) is 0. The molecule has 4 heteroatoms. The van der Waals surface area contributed by atoms with Gasteiger partial charge in [-0.25, -0.2) is 8.42 Å². The van der Waals surface area contributed by atoms with Gasteiger partial charge in [-0.05, 0) is 0 Å². The molecule has 0 aliphatic rings. The van der Waals surface area contributed by atoms with Crippen LogP contribution in [0, 0.1) is 12.3 Å². The first-order chi connectivity index (χ1) is 5.02. The largest absolute Gasteiger partial charge is 0.212 e. The Morgan fingerprint density at radius 1 is 1.73 bits per heavy atom. The second-order valence-electron chi connectivity index (χ2n) is 2.05. The summed E-state index contributed by atoms with van der Waals surface area (Å²) in [5.74, 6) is 2.26. The molecule has 0 aromatic rings. The molecule has 0 aromatic carbocycles. The number of nitrogens with zero attached hydrogens (tertiary/aromatic N) is 1. The van der Waals surface area contributed by atoms with Crippen LogP contribution in [0.15, 0.2) is 12.7 Å². The summed E-state index contributed by atoms with van der Waals surface area (Å²) in [5, 5.41) is 0. The smallest absolute Gasteiger partial charge is 0.212 e. The molecule has 0 saturated carbocycles. The molecule has 0 aliphatic heterocycles. The zero-order valence-corrected chi connectivity index (χ0v) is 7.26. The van der Waals surface area contributed by atoms with Gasteiger partial charge in [-0.2, -0.15) is 4.31 Å². The van der Waals surface area contributed by atoms with Gasteiger partial charge in [0.2, 0.25) is 10.0 Å². The maximum atomic E-state index is 10.9. The Kier molecular flexibility index (Phi) is 3.86. The van der Waals surface area contributed by atoms with Gasteiger partial charge in [0, 0.05) is 6.54 Å². The summed E-state index contributed by atoms with van der Waals surface area (Å²) in [6, 6.07) is 0. The van der Waals surface area contributed by atoms with Crippen LogP contribution in [-0.2, 0) is 10.0 Å². The predicted octanol–water partition coefficient (Wildman–Crippen LogP) is 0.0672. The summed E-state index contributed by atoms with van der Waals surface area (Å²) >= 11 is 0. The Labute approximate surface area is 67.8 Å². The molecule has 0 unspecified atom stereocenters. The van der Waals surface area contributed by atoms with Crippen molar-refractivity contribution in [3.05, 3.63) is 12.7 Å². The fourth-order valence-corrected chi connectivity index (χ4v) is 1.25. The van der Waals surface area contributed by atoms with Gasteiger partial charge in [0.25, 0.3) is 0 Å². The standard InChI is InChI=1S/C7H11NO2S/c1-4-6-8(7-5-2)11(3,9)10/h1,5H,2,6-7H2,3H3. The van der Waals surface area contributed by atoms with E-state index in [1.807, 2.05) is 0 Å². The second-order valence-corrected chi connectivity index (χ2v) is 4.03. The van der Waals surface area contributed by atoms with Crippen molar-refractivity contribution in [1.82, 2.24) is 4.31 Å². The maximum absolute atomic E-state index is 10.9. The molecule has 0 saturated heterocycles. The molecule has 3 nitrogen and oxygen atoms in total. The average molecular weight is 173 g/mol. The average Bonchev–Trinajstić information content (AvgIpc) is 1.85. The van der Waals surface area contributed by atoms with E-state index < -0.39 is 10.0 Å². The molecule has 0 aliphatic carbocycles. The summed E-state index contributed by atoms with van der Waals surface area (Å²) in [6.45, 7) is 3.79. The summed E-state index contributed by atoms with van der Waals surface area (Å²) in [5.41, 5.74) is 0. The fraction of sp³-hybridized carbons (Fsp3) is 0.429. The van der Waals surface area contributed by atoms with Gasteiger partial charge in [-0.15, -0.1) is 13.0 Å². The summed E-state index contributed by atoms with van der Waals surface area (Å²) in [6.07, 6.45) is 7.58. The Morgan fingerprint density at radius 3 is 2.55 bits per heavy atom. The molecule has 0 bridgehead atoms. The van der Waals surface area contributed by atoms with Gasteiger partial charge in [0.05, 0.1) is 12.8 Å². The zero-order chi connectivity index (χ0) is 8.91. The van der Waals surface area contributed by atoms with Gasteiger partial charge >= 0.3 is 0 Å². The monoisotopic (exact) mass is 173 g/mol. The third-order valence-corrected chi connectivity index (χ3v) is 2.29. The molecule has 62 valence electrons. The van der Waals surface area contributed by atoms with Crippen LogP contribution in [0.3, 0.4) is 0 Å². The molecule has 0 radical (unpaired) electrons. The first kappa shape index (κ1) is 10.2. The van der Waals surface area contributed by atoms with E-state index >= 15 is 0 Å². The van der Waals surface area contributed by atoms with Crippen molar-refractivity contribution in [2.75, 3.05) is 19.3 Å². The number of sulfonamides is 1. The predicted molar refractivity (Wildman–Crippen MR) is 45.4 cm³/mol. The van der Waals surface area contributed by atoms with Crippen LogP contribution in [0.4, 0.5) is 0 Å². The number of hydrogen-bond acceptors (Lipinski definition) is 2. The quantitative estimate of drug-likeness (QED) is 0.445. The molecule has 0 amide bonds. The molecule has 0 fully saturated rings. The van der Waals surface area contributed by atoms with Crippen LogP contribution in [0.2, 0.25) is 0 Å². The van der Waals surface area contributed by atoms with Crippen molar-refractivity contribution < 1.29 is 8.42 Å². The molecule has 0 N–H and O–H groups in total. The lowest BCUT2D eigenvalue weighted by molar-refractivity contribution is 0.484. The van der Waals surface area contributed by atoms with E-state index in [1.165, 1.54) is 10.4 Å². The van der Waals surface area contributed by atoms with Crippen LogP contribution >= 0.6 is 0 Å². The van der Waals surface area contributed by atoms with Crippen molar-refractivity contribution in [2.45, 2.75) is 0 Å². The molecule has 11 heavy (non-hydrogen) atoms. The Hall–Kier alpha value is -0.790. The van der Waals surface area contributed by atoms with Crippen LogP contribution < -0.4 is 0 Å². The zero-order valence-electron chi connectivity index (χ0n) is 6.45. The summed E-state index contributed by atoms with van der Waals surface area (Å²) in [7, 11) is -3.17. The van der Waals surface area contributed by atoms with E-state index in [4.69, 9.17) is 6.42 Å². The number of rotatable bonds is 4. The third-order valence-electron chi connectivity index (χ3n) is 1.07. The van der Waals surface area contributed by atoms with Crippen molar-refractivity contribution >= 4 is 10.0 Å². The van der Waals surface area contributed by atoms with E-state index in [-0.39, 0.29) is 13.1 Å². The molecule has 0 atom stereocenters. The maximum Gasteiger partial charge on any atom is 0.212 e. The lowest BCUT2D eigenvalue weighted by atomic mass is 10.6. The Morgan fingerprint density at radius 2 is 2.27 bits per heavy atom. The van der Waals surface area contributed by atoms with Crippen LogP contribution in [0.5, 0.6) is 0 Å². The van der Waals surface area contributed by atoms with Crippen molar-refractivity contribution in [2.24, 2.45) is 0 Å². The van der Waals surface area contributed by atoms with Crippen molar-refractivity contribution in [3.63, 3.8) is 0 Å². The molecule has 0 spiro atoms. The molecular formula is C7H11NO2S. The van der Waals surface area contributed by atoms with E-state index in [9.17, 15) is 8.42 Å². The van der Waals surface area contributed by atoms with Gasteiger partial charge in [-0.1, -0.05) is 12.0 Å². The third kappa shape index (κ3) is 3.81. The highest BCUT2D eigenvalue weighted by Crippen LogP contribution is 1.95. The van der Waals surface area contributed by atoms with Crippen molar-refractivity contribution in [3.8, 4) is 12.3 Å². The first-order valence-corrected chi connectivity index (χ1v) is 4.86. The van der Waals surface area contributed by atoms with Crippen LogP contribution in [-0.4, -0.2) is 32.1 Å². The lowest BCUT2D eigenvalue weighted by Gasteiger charge is -2.13. The minimum absolute atomic E-state index is 0.102. The highest BCUT2D eigenvalue weighted by atomic mass is 32.2. The molecule has 0 heterocycles. The first-order valence-electron chi connectivity index (χ1n) is 3.02. The van der Waals surface area contributed by atoms with Crippen LogP contribution in [0.1, 0.15) is 0 Å². The fourth-order valence-electron chi connectivity index (χ4n) is 0.563. The van der Waals surface area contributed by atoms with Crippen molar-refractivity contribution in [1.29, 1.82) is 0 Å². The minimum atomic E-state index is -3.17. The van der Waals surface area contributed by atoms with Gasteiger partial charge in [-0.3, -0.25) is 0 Å². The highest BCUT2D eigenvalue weighted by Gasteiger charge is 2.12. The normalized spacial score (nSPS) is 11.0. The van der Waals surface area contributed by atoms with Gasteiger partial charge < -0.3 is 0 Å². The Balaban J connectivity index is 4.37. The van der Waals surface area contributed by atoms with Gasteiger partial charge in [0.1, 0.15) is 0 Å². The van der Waals surface area contributed by atoms with Crippen LogP contribution in [0.25, 0.3) is 0 Å². The number of terminal acetylenes is 1. The molecule has 0 rings (SSSR count).